The lowest BCUT2D eigenvalue weighted by Crippen LogP contribution is -2.14. The molecule has 8 heteroatoms. The molecule has 4 rings (SSSR count). The molecule has 0 bridgehead atoms. The lowest BCUT2D eigenvalue weighted by molar-refractivity contribution is 0.0999. The van der Waals surface area contributed by atoms with Crippen molar-refractivity contribution in [3.63, 3.8) is 0 Å². The van der Waals surface area contributed by atoms with Gasteiger partial charge in [0.15, 0.2) is 5.82 Å². The van der Waals surface area contributed by atoms with Crippen LogP contribution in [-0.2, 0) is 19.4 Å². The number of carbonyl (C=O) groups is 1. The van der Waals surface area contributed by atoms with Gasteiger partial charge in [0.05, 0.1) is 16.8 Å². The number of aryl methyl sites for hydroxylation is 3. The zero-order chi connectivity index (χ0) is 21.8. The molecule has 4 heterocycles. The number of anilines is 1. The van der Waals surface area contributed by atoms with Crippen molar-refractivity contribution in [1.29, 1.82) is 0 Å². The summed E-state index contributed by atoms with van der Waals surface area (Å²) >= 11 is 0. The monoisotopic (exact) mass is 417 g/mol. The van der Waals surface area contributed by atoms with Crippen LogP contribution < -0.4 is 11.5 Å². The number of imidazole rings is 1. The van der Waals surface area contributed by atoms with Gasteiger partial charge in [-0.3, -0.25) is 14.8 Å². The third kappa shape index (κ3) is 4.19. The van der Waals surface area contributed by atoms with E-state index in [1.807, 2.05) is 12.1 Å². The van der Waals surface area contributed by atoms with Crippen LogP contribution in [0.5, 0.6) is 0 Å². The normalized spacial score (nSPS) is 11.4. The van der Waals surface area contributed by atoms with E-state index in [0.717, 1.165) is 72.2 Å². The Labute approximate surface area is 180 Å². The van der Waals surface area contributed by atoms with Gasteiger partial charge in [0.1, 0.15) is 22.4 Å². The van der Waals surface area contributed by atoms with Crippen molar-refractivity contribution in [2.24, 2.45) is 5.73 Å². The molecule has 0 atom stereocenters. The molecule has 0 unspecified atom stereocenters. The molecule has 1 amide bonds. The quantitative estimate of drug-likeness (QED) is 0.402. The highest BCUT2D eigenvalue weighted by Crippen LogP contribution is 2.28. The van der Waals surface area contributed by atoms with Crippen LogP contribution in [0.1, 0.15) is 54.5 Å². The lowest BCUT2D eigenvalue weighted by atomic mass is 10.1. The van der Waals surface area contributed by atoms with Gasteiger partial charge >= 0.3 is 0 Å². The average Bonchev–Trinajstić information content (AvgIpc) is 3.15. The van der Waals surface area contributed by atoms with Crippen LogP contribution in [-0.4, -0.2) is 30.4 Å². The van der Waals surface area contributed by atoms with Crippen LogP contribution in [0, 0.1) is 0 Å². The summed E-state index contributed by atoms with van der Waals surface area (Å²) in [6.07, 6.45) is 8.95. The maximum absolute atomic E-state index is 11.6. The zero-order valence-electron chi connectivity index (χ0n) is 17.7. The lowest BCUT2D eigenvalue weighted by Gasteiger charge is -2.11. The van der Waals surface area contributed by atoms with Crippen molar-refractivity contribution in [2.45, 2.75) is 52.0 Å². The van der Waals surface area contributed by atoms with Crippen LogP contribution in [0.3, 0.4) is 0 Å². The smallest absolute Gasteiger partial charge is 0.250 e. The third-order valence-electron chi connectivity index (χ3n) is 5.50. The molecular weight excluding hydrogens is 390 g/mol. The number of carbonyl (C=O) groups excluding carboxylic acids is 1. The minimum absolute atomic E-state index is 0.437. The van der Waals surface area contributed by atoms with Gasteiger partial charge < -0.3 is 16.0 Å². The van der Waals surface area contributed by atoms with E-state index in [1.165, 1.54) is 0 Å². The number of nitrogens with two attached hydrogens (primary N) is 2. The van der Waals surface area contributed by atoms with Crippen LogP contribution >= 0.6 is 0 Å². The number of aromatic nitrogens is 5. The molecule has 0 aliphatic rings. The van der Waals surface area contributed by atoms with E-state index in [9.17, 15) is 4.79 Å². The summed E-state index contributed by atoms with van der Waals surface area (Å²) in [6, 6.07) is 7.25. The second-order valence-electron chi connectivity index (χ2n) is 7.67. The van der Waals surface area contributed by atoms with Gasteiger partial charge in [0.2, 0.25) is 0 Å². The molecule has 31 heavy (non-hydrogen) atoms. The highest BCUT2D eigenvalue weighted by molar-refractivity contribution is 6.04. The van der Waals surface area contributed by atoms with Gasteiger partial charge in [-0.2, -0.15) is 0 Å². The van der Waals surface area contributed by atoms with E-state index < -0.39 is 5.91 Å². The number of hydrogen-bond acceptors (Lipinski definition) is 6. The van der Waals surface area contributed by atoms with Gasteiger partial charge in [-0.15, -0.1) is 0 Å². The molecule has 0 saturated heterocycles. The van der Waals surface area contributed by atoms with Crippen molar-refractivity contribution in [3.8, 4) is 0 Å². The molecule has 160 valence electrons. The van der Waals surface area contributed by atoms with Crippen LogP contribution in [0.2, 0.25) is 0 Å². The van der Waals surface area contributed by atoms with E-state index in [1.54, 1.807) is 24.5 Å². The maximum atomic E-state index is 11.6. The fourth-order valence-electron chi connectivity index (χ4n) is 3.96. The Hall–Kier alpha value is -3.55. The van der Waals surface area contributed by atoms with E-state index in [4.69, 9.17) is 16.5 Å². The molecule has 4 aromatic heterocycles. The fourth-order valence-corrected chi connectivity index (χ4v) is 3.96. The van der Waals surface area contributed by atoms with Crippen molar-refractivity contribution in [2.75, 3.05) is 5.73 Å². The summed E-state index contributed by atoms with van der Waals surface area (Å²) in [5.41, 5.74) is 16.2. The molecule has 4 N–H and O–H groups in total. The van der Waals surface area contributed by atoms with Crippen LogP contribution in [0.25, 0.3) is 22.1 Å². The van der Waals surface area contributed by atoms with Gasteiger partial charge in [0.25, 0.3) is 5.91 Å². The van der Waals surface area contributed by atoms with E-state index in [0.29, 0.717) is 17.8 Å². The second kappa shape index (κ2) is 9.07. The Bertz CT molecular complexity index is 1230. The standard InChI is InChI=1S/C23H27N7O/c1-2-3-11-18-29-20-21(19-17(28-22(20)24)10-7-13-27-19)30(18)14-5-4-9-16-15(23(25)31)8-6-12-26-16/h6-8,10,12-13H,2-5,9,11,14H2,1H3,(H2,24,28)(H2,25,31). The number of unbranched alkanes of at least 4 members (excludes halogenated alkanes) is 2. The number of nitrogens with zero attached hydrogens (tertiary/aromatic N) is 5. The molecule has 0 fully saturated rings. The van der Waals surface area contributed by atoms with Gasteiger partial charge in [0, 0.05) is 25.4 Å². The molecule has 0 saturated carbocycles. The van der Waals surface area contributed by atoms with Crippen molar-refractivity contribution in [1.82, 2.24) is 24.5 Å². The number of primary amides is 1. The zero-order valence-corrected chi connectivity index (χ0v) is 17.7. The van der Waals surface area contributed by atoms with Crippen molar-refractivity contribution in [3.05, 3.63) is 53.7 Å². The van der Waals surface area contributed by atoms with Crippen molar-refractivity contribution >= 4 is 33.8 Å². The molecule has 0 radical (unpaired) electrons. The summed E-state index contributed by atoms with van der Waals surface area (Å²) in [5, 5.41) is 0. The van der Waals surface area contributed by atoms with E-state index >= 15 is 0 Å². The first kappa shape index (κ1) is 20.7. The number of rotatable bonds is 9. The van der Waals surface area contributed by atoms with Gasteiger partial charge in [-0.1, -0.05) is 13.3 Å². The first-order chi connectivity index (χ1) is 15.1. The second-order valence-corrected chi connectivity index (χ2v) is 7.67. The molecule has 0 spiro atoms. The average molecular weight is 418 g/mol. The molecule has 8 nitrogen and oxygen atoms in total. The van der Waals surface area contributed by atoms with Crippen LogP contribution in [0.15, 0.2) is 36.7 Å². The maximum Gasteiger partial charge on any atom is 0.250 e. The highest BCUT2D eigenvalue weighted by atomic mass is 16.1. The SMILES string of the molecule is CCCCc1nc2c(N)nc3cccnc3c2n1CCCCc1ncccc1C(N)=O. The minimum atomic E-state index is -0.439. The van der Waals surface area contributed by atoms with Gasteiger partial charge in [-0.25, -0.2) is 9.97 Å². The van der Waals surface area contributed by atoms with E-state index in [-0.39, 0.29) is 0 Å². The number of nitrogen functional groups attached to an aromatic ring is 1. The van der Waals surface area contributed by atoms with Crippen LogP contribution in [0.4, 0.5) is 5.82 Å². The number of fused-ring (bicyclic) bond motifs is 3. The Morgan fingerprint density at radius 3 is 2.61 bits per heavy atom. The predicted molar refractivity (Wildman–Crippen MR) is 122 cm³/mol. The Morgan fingerprint density at radius 2 is 1.81 bits per heavy atom. The summed E-state index contributed by atoms with van der Waals surface area (Å²) in [7, 11) is 0. The molecule has 0 aromatic carbocycles. The Balaban J connectivity index is 1.62. The molecule has 0 aliphatic heterocycles. The fraction of sp³-hybridized carbons (Fsp3) is 0.348. The summed E-state index contributed by atoms with van der Waals surface area (Å²) in [4.78, 5) is 29.9. The molecular formula is C23H27N7O. The summed E-state index contributed by atoms with van der Waals surface area (Å²) in [5.74, 6) is 1.01. The van der Waals surface area contributed by atoms with E-state index in [2.05, 4.69) is 26.4 Å². The summed E-state index contributed by atoms with van der Waals surface area (Å²) in [6.45, 7) is 2.95. The summed E-state index contributed by atoms with van der Waals surface area (Å²) < 4.78 is 2.24. The Morgan fingerprint density at radius 1 is 1.00 bits per heavy atom. The minimum Gasteiger partial charge on any atom is -0.382 e. The largest absolute Gasteiger partial charge is 0.382 e. The molecule has 0 aliphatic carbocycles. The highest BCUT2D eigenvalue weighted by Gasteiger charge is 2.18. The number of pyridine rings is 3. The third-order valence-corrected chi connectivity index (χ3v) is 5.50. The first-order valence-corrected chi connectivity index (χ1v) is 10.7. The number of hydrogen-bond donors (Lipinski definition) is 2. The first-order valence-electron chi connectivity index (χ1n) is 10.7. The molecule has 4 aromatic rings. The van der Waals surface area contributed by atoms with Gasteiger partial charge in [-0.05, 0) is 49.9 Å². The topological polar surface area (TPSA) is 126 Å². The predicted octanol–water partition coefficient (Wildman–Crippen LogP) is 3.42. The Kier molecular flexibility index (Phi) is 6.06. The number of amides is 1. The van der Waals surface area contributed by atoms with Crippen molar-refractivity contribution < 1.29 is 4.79 Å².